The minimum Gasteiger partial charge on any atom is -0.481 e. The number of fused-ring (bicyclic) bond motifs is 5. The molecule has 3 N–H and O–H groups in total. The third kappa shape index (κ3) is 3.16. The molecule has 0 unspecified atom stereocenters. The Hall–Kier alpha value is -0.570. The van der Waals surface area contributed by atoms with Crippen molar-refractivity contribution in [3.8, 4) is 0 Å². The third-order valence-corrected chi connectivity index (χ3v) is 10.3. The van der Waals surface area contributed by atoms with Gasteiger partial charge < -0.3 is 10.8 Å². The van der Waals surface area contributed by atoms with Gasteiger partial charge in [0.25, 0.3) is 0 Å². The lowest BCUT2D eigenvalue weighted by atomic mass is 9.44. The fourth-order valence-corrected chi connectivity index (χ4v) is 8.82. The quantitative estimate of drug-likeness (QED) is 0.684. The van der Waals surface area contributed by atoms with Crippen molar-refractivity contribution in [1.29, 1.82) is 0 Å². The van der Waals surface area contributed by atoms with Crippen LogP contribution < -0.4 is 5.73 Å². The van der Waals surface area contributed by atoms with Crippen LogP contribution >= 0.6 is 0 Å². The van der Waals surface area contributed by atoms with Crippen molar-refractivity contribution in [2.24, 2.45) is 52.1 Å². The molecule has 9 atom stereocenters. The standard InChI is InChI=1S/C24H41NO2/c1-15(4-9-22(26)27)19-7-8-20-18-6-5-16-14-17(25)10-12-23(16,2)21(18)11-13-24(19,20)3/h15-21H,4-14,25H2,1-3H3,(H,26,27)/t15-,16-,17-,18+,19-,20+,21+,23+,24-/m1/s1. The van der Waals surface area contributed by atoms with E-state index in [0.29, 0.717) is 29.2 Å². The molecule has 0 aromatic rings. The SMILES string of the molecule is C[C@H](CCC(=O)O)[C@H]1CC[C@H]2[C@@H]3CC[C@@H]4C[C@H](N)CC[C@]4(C)[C@H]3CC[C@]12C. The first-order valence-electron chi connectivity index (χ1n) is 11.7. The van der Waals surface area contributed by atoms with Crippen LogP contribution in [0.3, 0.4) is 0 Å². The summed E-state index contributed by atoms with van der Waals surface area (Å²) in [5.41, 5.74) is 7.32. The molecule has 0 heterocycles. The average molecular weight is 376 g/mol. The van der Waals surface area contributed by atoms with Crippen molar-refractivity contribution in [3.05, 3.63) is 0 Å². The molecule has 4 aliphatic rings. The normalized spacial score (nSPS) is 50.4. The topological polar surface area (TPSA) is 63.3 Å². The molecule has 4 aliphatic carbocycles. The van der Waals surface area contributed by atoms with Gasteiger partial charge in [-0.25, -0.2) is 0 Å². The van der Waals surface area contributed by atoms with Gasteiger partial charge in [0.05, 0.1) is 0 Å². The summed E-state index contributed by atoms with van der Waals surface area (Å²) in [7, 11) is 0. The van der Waals surface area contributed by atoms with E-state index in [1.54, 1.807) is 0 Å². The molecule has 0 spiro atoms. The van der Waals surface area contributed by atoms with Gasteiger partial charge in [-0.1, -0.05) is 20.8 Å². The summed E-state index contributed by atoms with van der Waals surface area (Å²) in [6, 6.07) is 0.444. The molecule has 0 bridgehead atoms. The van der Waals surface area contributed by atoms with Crippen LogP contribution in [-0.4, -0.2) is 17.1 Å². The Balaban J connectivity index is 1.51. The second-order valence-electron chi connectivity index (χ2n) is 11.3. The van der Waals surface area contributed by atoms with Crippen LogP contribution in [0.2, 0.25) is 0 Å². The highest BCUT2D eigenvalue weighted by atomic mass is 16.4. The maximum atomic E-state index is 11.1. The smallest absolute Gasteiger partial charge is 0.303 e. The van der Waals surface area contributed by atoms with E-state index in [-0.39, 0.29) is 0 Å². The number of aliphatic carboxylic acids is 1. The van der Waals surface area contributed by atoms with Crippen molar-refractivity contribution in [2.75, 3.05) is 0 Å². The van der Waals surface area contributed by atoms with Gasteiger partial charge in [-0.05, 0) is 111 Å². The number of carboxylic acids is 1. The molecule has 4 fully saturated rings. The zero-order chi connectivity index (χ0) is 19.4. The maximum Gasteiger partial charge on any atom is 0.303 e. The number of nitrogens with two attached hydrogens (primary N) is 1. The molecule has 3 heteroatoms. The van der Waals surface area contributed by atoms with Crippen LogP contribution in [0, 0.1) is 46.3 Å². The molecule has 4 rings (SSSR count). The number of hydrogen-bond donors (Lipinski definition) is 2. The van der Waals surface area contributed by atoms with E-state index in [1.165, 1.54) is 57.8 Å². The Morgan fingerprint density at radius 1 is 1.04 bits per heavy atom. The Kier molecular flexibility index (Phi) is 5.15. The summed E-state index contributed by atoms with van der Waals surface area (Å²) in [6.45, 7) is 7.52. The summed E-state index contributed by atoms with van der Waals surface area (Å²) < 4.78 is 0. The predicted octanol–water partition coefficient (Wildman–Crippen LogP) is 5.47. The zero-order valence-corrected chi connectivity index (χ0v) is 17.8. The van der Waals surface area contributed by atoms with E-state index in [9.17, 15) is 4.79 Å². The van der Waals surface area contributed by atoms with Crippen LogP contribution in [0.1, 0.15) is 91.4 Å². The van der Waals surface area contributed by atoms with Crippen LogP contribution in [0.15, 0.2) is 0 Å². The van der Waals surface area contributed by atoms with E-state index in [4.69, 9.17) is 10.8 Å². The Labute approximate surface area is 165 Å². The predicted molar refractivity (Wildman–Crippen MR) is 109 cm³/mol. The highest BCUT2D eigenvalue weighted by molar-refractivity contribution is 5.66. The lowest BCUT2D eigenvalue weighted by molar-refractivity contribution is -0.137. The molecule has 154 valence electrons. The molecule has 4 saturated carbocycles. The van der Waals surface area contributed by atoms with Crippen molar-refractivity contribution in [2.45, 2.75) is 97.4 Å². The average Bonchev–Trinajstić information content (AvgIpc) is 2.97. The van der Waals surface area contributed by atoms with Gasteiger partial charge in [0.1, 0.15) is 0 Å². The fourth-order valence-electron chi connectivity index (χ4n) is 8.82. The van der Waals surface area contributed by atoms with Gasteiger partial charge >= 0.3 is 5.97 Å². The number of carboxylic acid groups (broad SMARTS) is 1. The fraction of sp³-hybridized carbons (Fsp3) is 0.958. The van der Waals surface area contributed by atoms with Crippen LogP contribution in [-0.2, 0) is 4.79 Å². The largest absolute Gasteiger partial charge is 0.481 e. The molecule has 0 radical (unpaired) electrons. The number of hydrogen-bond acceptors (Lipinski definition) is 2. The van der Waals surface area contributed by atoms with Gasteiger partial charge in [-0.15, -0.1) is 0 Å². The lowest BCUT2D eigenvalue weighted by Gasteiger charge is -2.61. The van der Waals surface area contributed by atoms with Gasteiger partial charge in [-0.2, -0.15) is 0 Å². The molecule has 0 aromatic carbocycles. The van der Waals surface area contributed by atoms with Crippen molar-refractivity contribution >= 4 is 5.97 Å². The van der Waals surface area contributed by atoms with E-state index >= 15 is 0 Å². The first kappa shape index (κ1) is 19.7. The van der Waals surface area contributed by atoms with Gasteiger partial charge in [-0.3, -0.25) is 4.79 Å². The Morgan fingerprint density at radius 2 is 1.74 bits per heavy atom. The summed E-state index contributed by atoms with van der Waals surface area (Å²) in [5, 5.41) is 9.10. The highest BCUT2D eigenvalue weighted by Crippen LogP contribution is 2.68. The van der Waals surface area contributed by atoms with Crippen LogP contribution in [0.5, 0.6) is 0 Å². The summed E-state index contributed by atoms with van der Waals surface area (Å²) >= 11 is 0. The zero-order valence-electron chi connectivity index (χ0n) is 17.8. The Morgan fingerprint density at radius 3 is 2.48 bits per heavy atom. The van der Waals surface area contributed by atoms with E-state index in [1.807, 2.05) is 0 Å². The van der Waals surface area contributed by atoms with Crippen molar-refractivity contribution in [1.82, 2.24) is 0 Å². The summed E-state index contributed by atoms with van der Waals surface area (Å²) in [4.78, 5) is 11.1. The molecule has 27 heavy (non-hydrogen) atoms. The molecular formula is C24H41NO2. The van der Waals surface area contributed by atoms with E-state index in [0.717, 1.165) is 36.0 Å². The summed E-state index contributed by atoms with van der Waals surface area (Å²) in [6.07, 6.45) is 13.3. The first-order valence-corrected chi connectivity index (χ1v) is 11.7. The number of carbonyl (C=O) groups is 1. The molecule has 0 aromatic heterocycles. The molecular weight excluding hydrogens is 334 g/mol. The maximum absolute atomic E-state index is 11.1. The second-order valence-corrected chi connectivity index (χ2v) is 11.3. The molecule has 0 amide bonds. The van der Waals surface area contributed by atoms with Gasteiger partial charge in [0, 0.05) is 12.5 Å². The minimum atomic E-state index is -0.632. The van der Waals surface area contributed by atoms with Crippen molar-refractivity contribution in [3.63, 3.8) is 0 Å². The van der Waals surface area contributed by atoms with E-state index in [2.05, 4.69) is 20.8 Å². The second kappa shape index (κ2) is 7.04. The lowest BCUT2D eigenvalue weighted by Crippen LogP contribution is -2.54. The van der Waals surface area contributed by atoms with Gasteiger partial charge in [0.2, 0.25) is 0 Å². The molecule has 0 saturated heterocycles. The van der Waals surface area contributed by atoms with E-state index < -0.39 is 5.97 Å². The minimum absolute atomic E-state index is 0.338. The Bertz CT molecular complexity index is 577. The van der Waals surface area contributed by atoms with Crippen LogP contribution in [0.25, 0.3) is 0 Å². The van der Waals surface area contributed by atoms with Crippen molar-refractivity contribution < 1.29 is 9.90 Å². The molecule has 0 aliphatic heterocycles. The monoisotopic (exact) mass is 375 g/mol. The number of rotatable bonds is 4. The first-order chi connectivity index (χ1) is 12.8. The third-order valence-electron chi connectivity index (χ3n) is 10.3. The molecule has 3 nitrogen and oxygen atoms in total. The summed E-state index contributed by atoms with van der Waals surface area (Å²) in [5.74, 6) is 4.21. The van der Waals surface area contributed by atoms with Crippen LogP contribution in [0.4, 0.5) is 0 Å². The van der Waals surface area contributed by atoms with Gasteiger partial charge in [0.15, 0.2) is 0 Å². The highest BCUT2D eigenvalue weighted by Gasteiger charge is 2.60.